The zero-order valence-corrected chi connectivity index (χ0v) is 12.9. The Balaban J connectivity index is 2.23. The number of halogens is 1. The van der Waals surface area contributed by atoms with E-state index in [2.05, 4.69) is 26.0 Å². The molecule has 0 bridgehead atoms. The van der Waals surface area contributed by atoms with Crippen molar-refractivity contribution in [3.05, 3.63) is 46.4 Å². The molecule has 0 aromatic heterocycles. The van der Waals surface area contributed by atoms with Crippen LogP contribution in [-0.4, -0.2) is 36.7 Å². The normalized spacial score (nSPS) is 12.0. The van der Waals surface area contributed by atoms with Gasteiger partial charge in [-0.3, -0.25) is 4.79 Å². The molecule has 1 atom stereocenters. The highest BCUT2D eigenvalue weighted by molar-refractivity contribution is 9.10. The molecule has 0 saturated heterocycles. The summed E-state index contributed by atoms with van der Waals surface area (Å²) in [5.74, 6) is -1.13. The molecule has 0 aliphatic heterocycles. The average Bonchev–Trinajstić information content (AvgIpc) is 2.50. The van der Waals surface area contributed by atoms with Gasteiger partial charge < -0.3 is 15.2 Å². The summed E-state index contributed by atoms with van der Waals surface area (Å²) in [5.41, 5.74) is 0.409. The van der Waals surface area contributed by atoms with Gasteiger partial charge in [0.15, 0.2) is 6.04 Å². The number of ether oxygens (including phenoxy) is 1. The Morgan fingerprint density at radius 3 is 2.57 bits per heavy atom. The molecule has 1 unspecified atom stereocenters. The molecule has 0 spiro atoms. The maximum absolute atomic E-state index is 12.1. The Labute approximate surface area is 130 Å². The van der Waals surface area contributed by atoms with Crippen LogP contribution in [0.25, 0.3) is 10.8 Å². The van der Waals surface area contributed by atoms with Gasteiger partial charge in [0.05, 0.1) is 13.7 Å². The lowest BCUT2D eigenvalue weighted by Crippen LogP contribution is -2.44. The first-order valence-corrected chi connectivity index (χ1v) is 7.03. The smallest absolute Gasteiger partial charge is 0.330 e. The van der Waals surface area contributed by atoms with E-state index < -0.39 is 24.5 Å². The molecule has 1 amide bonds. The molecular formula is C15H14BrNO4. The summed E-state index contributed by atoms with van der Waals surface area (Å²) in [5, 5.41) is 13.4. The Hall–Kier alpha value is -1.92. The fourth-order valence-electron chi connectivity index (χ4n) is 1.92. The van der Waals surface area contributed by atoms with Crippen molar-refractivity contribution in [1.82, 2.24) is 5.32 Å². The minimum Gasteiger partial charge on any atom is -0.467 e. The Morgan fingerprint density at radius 1 is 1.24 bits per heavy atom. The average molecular weight is 352 g/mol. The van der Waals surface area contributed by atoms with E-state index in [-0.39, 0.29) is 0 Å². The quantitative estimate of drug-likeness (QED) is 0.824. The van der Waals surface area contributed by atoms with Gasteiger partial charge in [-0.25, -0.2) is 4.79 Å². The number of amides is 1. The van der Waals surface area contributed by atoms with Crippen molar-refractivity contribution < 1.29 is 19.4 Å². The van der Waals surface area contributed by atoms with Gasteiger partial charge in [-0.15, -0.1) is 0 Å². The van der Waals surface area contributed by atoms with Crippen LogP contribution in [0, 0.1) is 0 Å². The van der Waals surface area contributed by atoms with Crippen LogP contribution in [-0.2, 0) is 9.53 Å². The maximum atomic E-state index is 12.1. The zero-order chi connectivity index (χ0) is 15.4. The first kappa shape index (κ1) is 15.5. The van der Waals surface area contributed by atoms with Crippen molar-refractivity contribution >= 4 is 38.6 Å². The lowest BCUT2D eigenvalue weighted by atomic mass is 10.1. The number of aliphatic hydroxyl groups is 1. The fourth-order valence-corrected chi connectivity index (χ4v) is 2.30. The number of nitrogens with one attached hydrogen (secondary N) is 1. The third-order valence-electron chi connectivity index (χ3n) is 3.04. The van der Waals surface area contributed by atoms with Gasteiger partial charge in [0.25, 0.3) is 5.91 Å². The summed E-state index contributed by atoms with van der Waals surface area (Å²) in [4.78, 5) is 23.5. The number of benzene rings is 2. The summed E-state index contributed by atoms with van der Waals surface area (Å²) in [6, 6.07) is 9.86. The standard InChI is InChI=1S/C15H14BrNO4/c1-21-15(20)13(8-18)17-14(19)11-3-2-10-7-12(16)5-4-9(10)6-11/h2-7,13,18H,8H2,1H3,(H,17,19). The van der Waals surface area contributed by atoms with Crippen LogP contribution in [0.2, 0.25) is 0 Å². The number of aliphatic hydroxyl groups excluding tert-OH is 1. The van der Waals surface area contributed by atoms with Crippen LogP contribution in [0.15, 0.2) is 40.9 Å². The summed E-state index contributed by atoms with van der Waals surface area (Å²) in [7, 11) is 1.20. The summed E-state index contributed by atoms with van der Waals surface area (Å²) in [6.45, 7) is -0.515. The van der Waals surface area contributed by atoms with Gasteiger partial charge >= 0.3 is 5.97 Å². The number of rotatable bonds is 4. The lowest BCUT2D eigenvalue weighted by molar-refractivity contribution is -0.143. The van der Waals surface area contributed by atoms with Gasteiger partial charge in [0.2, 0.25) is 0 Å². The second kappa shape index (κ2) is 6.69. The molecule has 0 radical (unpaired) electrons. The summed E-state index contributed by atoms with van der Waals surface area (Å²) in [6.07, 6.45) is 0. The van der Waals surface area contributed by atoms with E-state index in [4.69, 9.17) is 5.11 Å². The predicted molar refractivity (Wildman–Crippen MR) is 82.0 cm³/mol. The Morgan fingerprint density at radius 2 is 1.90 bits per heavy atom. The predicted octanol–water partition coefficient (Wildman–Crippen LogP) is 1.87. The first-order chi connectivity index (χ1) is 10.0. The van der Waals surface area contributed by atoms with E-state index in [1.807, 2.05) is 24.3 Å². The number of esters is 1. The molecule has 0 fully saturated rings. The van der Waals surface area contributed by atoms with Crippen molar-refractivity contribution in [3.63, 3.8) is 0 Å². The molecule has 0 aliphatic rings. The van der Waals surface area contributed by atoms with E-state index >= 15 is 0 Å². The summed E-state index contributed by atoms with van der Waals surface area (Å²) < 4.78 is 5.46. The van der Waals surface area contributed by atoms with Crippen molar-refractivity contribution in [1.29, 1.82) is 0 Å². The minimum atomic E-state index is -1.07. The molecule has 2 aromatic rings. The van der Waals surface area contributed by atoms with Crippen molar-refractivity contribution in [2.24, 2.45) is 0 Å². The molecule has 2 rings (SSSR count). The molecule has 0 heterocycles. The van der Waals surface area contributed by atoms with Crippen LogP contribution in [0.5, 0.6) is 0 Å². The highest BCUT2D eigenvalue weighted by Gasteiger charge is 2.21. The largest absolute Gasteiger partial charge is 0.467 e. The molecule has 5 nitrogen and oxygen atoms in total. The second-order valence-corrected chi connectivity index (χ2v) is 5.35. The van der Waals surface area contributed by atoms with Crippen molar-refractivity contribution in [2.45, 2.75) is 6.04 Å². The van der Waals surface area contributed by atoms with Gasteiger partial charge in [0.1, 0.15) is 0 Å². The maximum Gasteiger partial charge on any atom is 0.330 e. The number of hydrogen-bond acceptors (Lipinski definition) is 4. The molecule has 110 valence electrons. The van der Waals surface area contributed by atoms with Crippen LogP contribution in [0.1, 0.15) is 10.4 Å². The molecule has 0 aliphatic carbocycles. The molecule has 2 aromatic carbocycles. The van der Waals surface area contributed by atoms with Crippen LogP contribution in [0.3, 0.4) is 0 Å². The fraction of sp³-hybridized carbons (Fsp3) is 0.200. The highest BCUT2D eigenvalue weighted by atomic mass is 79.9. The van der Waals surface area contributed by atoms with Crippen molar-refractivity contribution in [3.8, 4) is 0 Å². The number of hydrogen-bond donors (Lipinski definition) is 2. The van der Waals surface area contributed by atoms with E-state index in [0.29, 0.717) is 5.56 Å². The SMILES string of the molecule is COC(=O)C(CO)NC(=O)c1ccc2cc(Br)ccc2c1. The third kappa shape index (κ3) is 3.59. The summed E-state index contributed by atoms with van der Waals surface area (Å²) >= 11 is 3.39. The Kier molecular flexibility index (Phi) is 4.93. The van der Waals surface area contributed by atoms with E-state index in [9.17, 15) is 9.59 Å². The molecule has 0 saturated carbocycles. The van der Waals surface area contributed by atoms with E-state index in [0.717, 1.165) is 15.2 Å². The van der Waals surface area contributed by atoms with Gasteiger partial charge in [-0.2, -0.15) is 0 Å². The van der Waals surface area contributed by atoms with E-state index in [1.54, 1.807) is 12.1 Å². The van der Waals surface area contributed by atoms with Gasteiger partial charge in [0, 0.05) is 10.0 Å². The van der Waals surface area contributed by atoms with E-state index in [1.165, 1.54) is 7.11 Å². The number of carbonyl (C=O) groups is 2. The first-order valence-electron chi connectivity index (χ1n) is 6.24. The second-order valence-electron chi connectivity index (χ2n) is 4.44. The molecule has 6 heteroatoms. The van der Waals surface area contributed by atoms with Crippen LogP contribution < -0.4 is 5.32 Å². The number of fused-ring (bicyclic) bond motifs is 1. The monoisotopic (exact) mass is 351 g/mol. The molecular weight excluding hydrogens is 338 g/mol. The third-order valence-corrected chi connectivity index (χ3v) is 3.53. The lowest BCUT2D eigenvalue weighted by Gasteiger charge is -2.14. The van der Waals surface area contributed by atoms with Gasteiger partial charge in [-0.05, 0) is 35.0 Å². The molecule has 21 heavy (non-hydrogen) atoms. The number of methoxy groups -OCH3 is 1. The topological polar surface area (TPSA) is 75.6 Å². The minimum absolute atomic E-state index is 0.409. The zero-order valence-electron chi connectivity index (χ0n) is 11.3. The van der Waals surface area contributed by atoms with Crippen LogP contribution in [0.4, 0.5) is 0 Å². The van der Waals surface area contributed by atoms with Gasteiger partial charge in [-0.1, -0.05) is 28.1 Å². The highest BCUT2D eigenvalue weighted by Crippen LogP contribution is 2.21. The van der Waals surface area contributed by atoms with Crippen LogP contribution >= 0.6 is 15.9 Å². The number of carbonyl (C=O) groups excluding carboxylic acids is 2. The Bertz CT molecular complexity index is 686. The van der Waals surface area contributed by atoms with Crippen molar-refractivity contribution in [2.75, 3.05) is 13.7 Å². The molecule has 2 N–H and O–H groups in total.